The molecule has 1 fully saturated rings. The Morgan fingerprint density at radius 1 is 1.21 bits per heavy atom. The first-order valence-electron chi connectivity index (χ1n) is 8.96. The molecule has 3 rings (SSSR count). The second kappa shape index (κ2) is 7.69. The minimum Gasteiger partial charge on any atom is -0.450 e. The van der Waals surface area contributed by atoms with Crippen molar-refractivity contribution in [1.29, 1.82) is 0 Å². The molecular weight excluding hydrogens is 304 g/mol. The summed E-state index contributed by atoms with van der Waals surface area (Å²) in [6.07, 6.45) is 4.05. The lowest BCUT2D eigenvalue weighted by atomic mass is 9.97. The summed E-state index contributed by atoms with van der Waals surface area (Å²) in [5.41, 5.74) is 2.72. The van der Waals surface area contributed by atoms with Crippen molar-refractivity contribution in [3.63, 3.8) is 0 Å². The zero-order valence-electron chi connectivity index (χ0n) is 14.3. The van der Waals surface area contributed by atoms with Gasteiger partial charge in [0.2, 0.25) is 5.91 Å². The fourth-order valence-electron chi connectivity index (χ4n) is 3.79. The zero-order valence-corrected chi connectivity index (χ0v) is 14.3. The van der Waals surface area contributed by atoms with Crippen molar-refractivity contribution in [3.8, 4) is 0 Å². The van der Waals surface area contributed by atoms with Gasteiger partial charge in [0.1, 0.15) is 0 Å². The molecule has 130 valence electrons. The topological polar surface area (TPSA) is 58.6 Å². The minimum absolute atomic E-state index is 0.131. The van der Waals surface area contributed by atoms with E-state index in [4.69, 9.17) is 4.74 Å². The molecule has 1 atom stereocenters. The van der Waals surface area contributed by atoms with Gasteiger partial charge in [0.25, 0.3) is 0 Å². The van der Waals surface area contributed by atoms with Crippen LogP contribution in [0.1, 0.15) is 49.7 Å². The molecular formula is C19H26N2O3. The Hall–Kier alpha value is -2.04. The van der Waals surface area contributed by atoms with Gasteiger partial charge in [0.05, 0.1) is 6.61 Å². The van der Waals surface area contributed by atoms with Gasteiger partial charge in [-0.15, -0.1) is 0 Å². The van der Waals surface area contributed by atoms with E-state index in [2.05, 4.69) is 29.6 Å². The van der Waals surface area contributed by atoms with Gasteiger partial charge in [0, 0.05) is 25.6 Å². The minimum atomic E-state index is -0.246. The van der Waals surface area contributed by atoms with Gasteiger partial charge in [-0.2, -0.15) is 0 Å². The average Bonchev–Trinajstić information content (AvgIpc) is 2.99. The van der Waals surface area contributed by atoms with Crippen LogP contribution in [-0.2, 0) is 16.0 Å². The monoisotopic (exact) mass is 330 g/mol. The third-order valence-electron chi connectivity index (χ3n) is 5.07. The van der Waals surface area contributed by atoms with Crippen molar-refractivity contribution in [2.45, 2.75) is 51.0 Å². The molecule has 0 spiro atoms. The van der Waals surface area contributed by atoms with E-state index in [1.54, 1.807) is 4.90 Å². The van der Waals surface area contributed by atoms with Crippen molar-refractivity contribution >= 4 is 12.0 Å². The highest BCUT2D eigenvalue weighted by Crippen LogP contribution is 2.35. The van der Waals surface area contributed by atoms with Crippen LogP contribution in [0.25, 0.3) is 0 Å². The van der Waals surface area contributed by atoms with E-state index >= 15 is 0 Å². The molecule has 1 saturated heterocycles. The fourth-order valence-corrected chi connectivity index (χ4v) is 3.79. The van der Waals surface area contributed by atoms with Crippen LogP contribution in [0.2, 0.25) is 0 Å². The molecule has 0 aromatic heterocycles. The summed E-state index contributed by atoms with van der Waals surface area (Å²) >= 11 is 0. The molecule has 1 aromatic rings. The first-order valence-corrected chi connectivity index (χ1v) is 8.96. The van der Waals surface area contributed by atoms with Crippen LogP contribution < -0.4 is 5.32 Å². The molecule has 0 radical (unpaired) electrons. The van der Waals surface area contributed by atoms with E-state index in [1.165, 1.54) is 11.1 Å². The van der Waals surface area contributed by atoms with Crippen LogP contribution in [0.5, 0.6) is 0 Å². The number of benzene rings is 1. The predicted molar refractivity (Wildman–Crippen MR) is 91.9 cm³/mol. The maximum absolute atomic E-state index is 12.4. The van der Waals surface area contributed by atoms with E-state index in [9.17, 15) is 9.59 Å². The highest BCUT2D eigenvalue weighted by atomic mass is 16.6. The van der Waals surface area contributed by atoms with E-state index in [0.717, 1.165) is 25.7 Å². The molecule has 0 bridgehead atoms. The molecule has 0 saturated carbocycles. The molecule has 1 aliphatic carbocycles. The fraction of sp³-hybridized carbons (Fsp3) is 0.579. The van der Waals surface area contributed by atoms with Crippen molar-refractivity contribution in [2.75, 3.05) is 19.7 Å². The largest absolute Gasteiger partial charge is 0.450 e. The van der Waals surface area contributed by atoms with Crippen LogP contribution in [0, 0.1) is 0 Å². The van der Waals surface area contributed by atoms with E-state index in [1.807, 2.05) is 6.92 Å². The van der Waals surface area contributed by atoms with Gasteiger partial charge in [-0.25, -0.2) is 4.79 Å². The lowest BCUT2D eigenvalue weighted by molar-refractivity contribution is -0.122. The average molecular weight is 330 g/mol. The number of hydrogen-bond acceptors (Lipinski definition) is 3. The van der Waals surface area contributed by atoms with E-state index in [0.29, 0.717) is 32.0 Å². The Morgan fingerprint density at radius 3 is 2.71 bits per heavy atom. The third kappa shape index (κ3) is 3.89. The second-order valence-electron chi connectivity index (χ2n) is 6.67. The molecule has 5 heteroatoms. The Bertz CT molecular complexity index is 594. The summed E-state index contributed by atoms with van der Waals surface area (Å²) in [6, 6.07) is 8.61. The smallest absolute Gasteiger partial charge is 0.409 e. The maximum Gasteiger partial charge on any atom is 0.409 e. The summed E-state index contributed by atoms with van der Waals surface area (Å²) in [5, 5.41) is 3.15. The van der Waals surface area contributed by atoms with Crippen LogP contribution in [0.15, 0.2) is 24.3 Å². The van der Waals surface area contributed by atoms with Gasteiger partial charge < -0.3 is 15.0 Å². The van der Waals surface area contributed by atoms with Gasteiger partial charge in [-0.3, -0.25) is 4.79 Å². The molecule has 5 nitrogen and oxygen atoms in total. The van der Waals surface area contributed by atoms with Gasteiger partial charge >= 0.3 is 6.09 Å². The first kappa shape index (κ1) is 16.8. The Labute approximate surface area is 143 Å². The molecule has 1 aromatic carbocycles. The number of fused-ring (bicyclic) bond motifs is 1. The number of carbonyl (C=O) groups is 2. The second-order valence-corrected chi connectivity index (χ2v) is 6.67. The normalized spacial score (nSPS) is 20.5. The van der Waals surface area contributed by atoms with E-state index in [-0.39, 0.29) is 18.0 Å². The number of piperidine rings is 1. The predicted octanol–water partition coefficient (Wildman–Crippen LogP) is 2.84. The number of nitrogens with one attached hydrogen (secondary N) is 1. The maximum atomic E-state index is 12.4. The van der Waals surface area contributed by atoms with Crippen molar-refractivity contribution < 1.29 is 14.3 Å². The highest BCUT2D eigenvalue weighted by molar-refractivity contribution is 5.77. The van der Waals surface area contributed by atoms with Gasteiger partial charge in [0.15, 0.2) is 0 Å². The van der Waals surface area contributed by atoms with Crippen LogP contribution in [0.4, 0.5) is 4.79 Å². The highest BCUT2D eigenvalue weighted by Gasteiger charge is 2.27. The summed E-state index contributed by atoms with van der Waals surface area (Å²) in [4.78, 5) is 25.8. The first-order chi connectivity index (χ1) is 11.7. The van der Waals surface area contributed by atoms with Crippen molar-refractivity contribution in [3.05, 3.63) is 35.4 Å². The molecule has 1 heterocycles. The van der Waals surface area contributed by atoms with Crippen LogP contribution in [-0.4, -0.2) is 42.6 Å². The standard InChI is InChI=1S/C19H26N2O3/c1-2-24-19(23)21-11-9-16(10-12-21)20-18(22)13-15-8-7-14-5-3-4-6-17(14)15/h3-6,15-16H,2,7-13H2,1H3,(H,20,22)/t15-/m0/s1. The Kier molecular flexibility index (Phi) is 5.38. The molecule has 2 amide bonds. The molecule has 24 heavy (non-hydrogen) atoms. The number of hydrogen-bond donors (Lipinski definition) is 1. The molecule has 2 aliphatic rings. The number of likely N-dealkylation sites (tertiary alicyclic amines) is 1. The Morgan fingerprint density at radius 2 is 1.96 bits per heavy atom. The number of carbonyl (C=O) groups excluding carboxylic acids is 2. The number of nitrogens with zero attached hydrogens (tertiary/aromatic N) is 1. The lowest BCUT2D eigenvalue weighted by Gasteiger charge is -2.31. The molecule has 1 aliphatic heterocycles. The van der Waals surface area contributed by atoms with E-state index < -0.39 is 0 Å². The SMILES string of the molecule is CCOC(=O)N1CCC(NC(=O)C[C@@H]2CCc3ccccc32)CC1. The number of ether oxygens (including phenoxy) is 1. The summed E-state index contributed by atoms with van der Waals surface area (Å²) < 4.78 is 5.02. The summed E-state index contributed by atoms with van der Waals surface area (Å²) in [7, 11) is 0. The Balaban J connectivity index is 1.45. The lowest BCUT2D eigenvalue weighted by Crippen LogP contribution is -2.46. The molecule has 0 unspecified atom stereocenters. The van der Waals surface area contributed by atoms with Crippen LogP contribution >= 0.6 is 0 Å². The van der Waals surface area contributed by atoms with Crippen LogP contribution in [0.3, 0.4) is 0 Å². The summed E-state index contributed by atoms with van der Waals surface area (Å²) in [5.74, 6) is 0.479. The number of amides is 2. The van der Waals surface area contributed by atoms with Gasteiger partial charge in [-0.05, 0) is 49.7 Å². The summed E-state index contributed by atoms with van der Waals surface area (Å²) in [6.45, 7) is 3.51. The third-order valence-corrected chi connectivity index (χ3v) is 5.07. The van der Waals surface area contributed by atoms with Crippen molar-refractivity contribution in [2.24, 2.45) is 0 Å². The van der Waals surface area contributed by atoms with Gasteiger partial charge in [-0.1, -0.05) is 24.3 Å². The van der Waals surface area contributed by atoms with Crippen molar-refractivity contribution in [1.82, 2.24) is 10.2 Å². The number of rotatable bonds is 4. The zero-order chi connectivity index (χ0) is 16.9. The quantitative estimate of drug-likeness (QED) is 0.923. The number of aryl methyl sites for hydroxylation is 1. The molecule has 1 N–H and O–H groups in total.